The number of carbonyl (C=O) groups excluding carboxylic acids is 1. The van der Waals surface area contributed by atoms with E-state index in [4.69, 9.17) is 11.6 Å². The van der Waals surface area contributed by atoms with Gasteiger partial charge in [-0.3, -0.25) is 4.79 Å². The molecule has 1 aliphatic heterocycles. The molecule has 0 N–H and O–H groups in total. The average Bonchev–Trinajstić information content (AvgIpc) is 2.68. The smallest absolute Gasteiger partial charge is 0.214 e. The molecule has 3 rings (SSSR count). The lowest BCUT2D eigenvalue weighted by Crippen LogP contribution is -2.10. The van der Waals surface area contributed by atoms with Crippen molar-refractivity contribution in [2.75, 3.05) is 0 Å². The summed E-state index contributed by atoms with van der Waals surface area (Å²) in [5.41, 5.74) is 2.60. The molecule has 0 aromatic heterocycles. The van der Waals surface area contributed by atoms with Gasteiger partial charge in [0.25, 0.3) is 0 Å². The monoisotopic (exact) mass is 241 g/mol. The molecule has 0 saturated heterocycles. The maximum absolute atomic E-state index is 12.2. The topological polar surface area (TPSA) is 29.4 Å². The third-order valence-electron chi connectivity index (χ3n) is 2.70. The summed E-state index contributed by atoms with van der Waals surface area (Å²) in [6.07, 6.45) is 0. The molecule has 0 fully saturated rings. The summed E-state index contributed by atoms with van der Waals surface area (Å²) in [7, 11) is 0. The maximum Gasteiger partial charge on any atom is 0.214 e. The summed E-state index contributed by atoms with van der Waals surface area (Å²) in [5, 5.41) is 0.557. The van der Waals surface area contributed by atoms with Crippen molar-refractivity contribution < 1.29 is 4.79 Å². The Labute approximate surface area is 104 Å². The van der Waals surface area contributed by atoms with E-state index in [-0.39, 0.29) is 5.78 Å². The zero-order chi connectivity index (χ0) is 11.8. The van der Waals surface area contributed by atoms with Crippen molar-refractivity contribution in [1.82, 2.24) is 0 Å². The third-order valence-corrected chi connectivity index (χ3v) is 2.93. The van der Waals surface area contributed by atoms with Crippen LogP contribution in [0, 0.1) is 0 Å². The molecule has 2 aromatic rings. The van der Waals surface area contributed by atoms with E-state index in [9.17, 15) is 4.79 Å². The second kappa shape index (κ2) is 3.82. The van der Waals surface area contributed by atoms with Crippen molar-refractivity contribution in [2.45, 2.75) is 0 Å². The van der Waals surface area contributed by atoms with Gasteiger partial charge in [-0.05, 0) is 18.2 Å². The normalized spacial score (nSPS) is 13.5. The molecule has 0 aliphatic carbocycles. The van der Waals surface area contributed by atoms with Crippen LogP contribution in [0.3, 0.4) is 0 Å². The maximum atomic E-state index is 12.2. The van der Waals surface area contributed by atoms with Gasteiger partial charge in [0.05, 0.1) is 11.3 Å². The van der Waals surface area contributed by atoms with E-state index in [1.54, 1.807) is 18.2 Å². The van der Waals surface area contributed by atoms with E-state index >= 15 is 0 Å². The fourth-order valence-corrected chi connectivity index (χ4v) is 2.05. The molecule has 2 nitrogen and oxygen atoms in total. The van der Waals surface area contributed by atoms with Gasteiger partial charge in [0.2, 0.25) is 5.78 Å². The highest BCUT2D eigenvalue weighted by Crippen LogP contribution is 2.30. The van der Waals surface area contributed by atoms with Crippen molar-refractivity contribution in [3.05, 3.63) is 64.7 Å². The average molecular weight is 242 g/mol. The minimum Gasteiger partial charge on any atom is -0.287 e. The van der Waals surface area contributed by atoms with Gasteiger partial charge in [-0.1, -0.05) is 41.9 Å². The summed E-state index contributed by atoms with van der Waals surface area (Å²) in [5.74, 6) is -0.0614. The molecule has 82 valence electrons. The predicted octanol–water partition coefficient (Wildman–Crippen LogP) is 3.66. The van der Waals surface area contributed by atoms with Crippen molar-refractivity contribution in [1.29, 1.82) is 0 Å². The van der Waals surface area contributed by atoms with E-state index in [1.165, 1.54) is 0 Å². The first-order valence-corrected chi connectivity index (χ1v) is 5.62. The number of nitrogens with zero attached hydrogens (tertiary/aromatic N) is 1. The van der Waals surface area contributed by atoms with Gasteiger partial charge in [0.1, 0.15) is 5.71 Å². The molecule has 3 heteroatoms. The van der Waals surface area contributed by atoms with Crippen LogP contribution in [0.5, 0.6) is 0 Å². The zero-order valence-electron chi connectivity index (χ0n) is 8.85. The van der Waals surface area contributed by atoms with E-state index in [2.05, 4.69) is 4.99 Å². The number of rotatable bonds is 1. The van der Waals surface area contributed by atoms with Gasteiger partial charge in [-0.25, -0.2) is 4.99 Å². The van der Waals surface area contributed by atoms with Gasteiger partial charge in [-0.15, -0.1) is 0 Å². The van der Waals surface area contributed by atoms with Crippen molar-refractivity contribution in [3.8, 4) is 0 Å². The van der Waals surface area contributed by atoms with Crippen LogP contribution in [0.25, 0.3) is 0 Å². The zero-order valence-corrected chi connectivity index (χ0v) is 9.61. The second-order valence-corrected chi connectivity index (χ2v) is 4.25. The Morgan fingerprint density at radius 3 is 2.53 bits per heavy atom. The highest BCUT2D eigenvalue weighted by Gasteiger charge is 2.25. The fourth-order valence-electron chi connectivity index (χ4n) is 1.88. The van der Waals surface area contributed by atoms with Crippen LogP contribution in [-0.2, 0) is 0 Å². The molecule has 0 unspecified atom stereocenters. The summed E-state index contributed by atoms with van der Waals surface area (Å²) in [6.45, 7) is 0. The molecule has 1 aliphatic rings. The lowest BCUT2D eigenvalue weighted by atomic mass is 10.0. The van der Waals surface area contributed by atoms with E-state index in [1.807, 2.05) is 30.3 Å². The molecular weight excluding hydrogens is 234 g/mol. The van der Waals surface area contributed by atoms with E-state index in [0.29, 0.717) is 22.0 Å². The summed E-state index contributed by atoms with van der Waals surface area (Å²) in [4.78, 5) is 16.5. The van der Waals surface area contributed by atoms with Gasteiger partial charge in [0, 0.05) is 10.6 Å². The number of fused-ring (bicyclic) bond motifs is 1. The molecule has 0 spiro atoms. The van der Waals surface area contributed by atoms with E-state index < -0.39 is 0 Å². The summed E-state index contributed by atoms with van der Waals surface area (Å²) in [6, 6.07) is 14.6. The highest BCUT2D eigenvalue weighted by atomic mass is 35.5. The van der Waals surface area contributed by atoms with Crippen LogP contribution in [0.15, 0.2) is 53.5 Å². The van der Waals surface area contributed by atoms with Gasteiger partial charge in [0.15, 0.2) is 0 Å². The molecule has 0 bridgehead atoms. The summed E-state index contributed by atoms with van der Waals surface area (Å²) >= 11 is 5.88. The van der Waals surface area contributed by atoms with Gasteiger partial charge < -0.3 is 0 Å². The van der Waals surface area contributed by atoms with Crippen molar-refractivity contribution in [3.63, 3.8) is 0 Å². The molecule has 0 atom stereocenters. The molecular formula is C14H8ClNO. The third kappa shape index (κ3) is 1.67. The lowest BCUT2D eigenvalue weighted by molar-refractivity contribution is 0.107. The molecule has 0 amide bonds. The molecule has 2 aromatic carbocycles. The quantitative estimate of drug-likeness (QED) is 0.749. The number of halogens is 1. The number of Topliss-reactive ketones (excluding diaryl/α,β-unsaturated/α-hetero) is 1. The number of carbonyl (C=O) groups is 1. The Morgan fingerprint density at radius 2 is 1.76 bits per heavy atom. The Balaban J connectivity index is 2.11. The van der Waals surface area contributed by atoms with Gasteiger partial charge >= 0.3 is 0 Å². The Hall–Kier alpha value is -1.93. The van der Waals surface area contributed by atoms with Crippen LogP contribution >= 0.6 is 11.6 Å². The molecule has 0 radical (unpaired) electrons. The van der Waals surface area contributed by atoms with Crippen molar-refractivity contribution in [2.24, 2.45) is 4.99 Å². The molecule has 17 heavy (non-hydrogen) atoms. The van der Waals surface area contributed by atoms with Crippen LogP contribution in [0.4, 0.5) is 5.69 Å². The number of ketones is 1. The SMILES string of the molecule is O=C1C(c2ccccc2)=Nc2ccc(Cl)cc21. The summed E-state index contributed by atoms with van der Waals surface area (Å²) < 4.78 is 0. The number of benzene rings is 2. The van der Waals surface area contributed by atoms with Crippen LogP contribution in [0.2, 0.25) is 5.02 Å². The first kappa shape index (κ1) is 10.2. The number of hydrogen-bond donors (Lipinski definition) is 0. The van der Waals surface area contributed by atoms with E-state index in [0.717, 1.165) is 5.56 Å². The first-order valence-electron chi connectivity index (χ1n) is 5.24. The number of aliphatic imine (C=N–C) groups is 1. The second-order valence-electron chi connectivity index (χ2n) is 3.82. The van der Waals surface area contributed by atoms with Crippen LogP contribution in [-0.4, -0.2) is 11.5 Å². The highest BCUT2D eigenvalue weighted by molar-refractivity contribution is 6.55. The molecule has 1 heterocycles. The Kier molecular flexibility index (Phi) is 2.30. The molecule has 0 saturated carbocycles. The first-order chi connectivity index (χ1) is 8.25. The van der Waals surface area contributed by atoms with Crippen LogP contribution in [0.1, 0.15) is 15.9 Å². The van der Waals surface area contributed by atoms with Crippen molar-refractivity contribution >= 4 is 28.8 Å². The minimum absolute atomic E-state index is 0.0614. The Bertz CT molecular complexity index is 632. The Morgan fingerprint density at radius 1 is 1.00 bits per heavy atom. The predicted molar refractivity (Wildman–Crippen MR) is 68.4 cm³/mol. The standard InChI is InChI=1S/C14H8ClNO/c15-10-6-7-12-11(8-10)14(17)13(16-12)9-4-2-1-3-5-9/h1-8H. The van der Waals surface area contributed by atoms with Crippen LogP contribution < -0.4 is 0 Å². The fraction of sp³-hybridized carbons (Fsp3) is 0. The lowest BCUT2D eigenvalue weighted by Gasteiger charge is -1.98. The largest absolute Gasteiger partial charge is 0.287 e. The minimum atomic E-state index is -0.0614. The van der Waals surface area contributed by atoms with Gasteiger partial charge in [-0.2, -0.15) is 0 Å². The number of hydrogen-bond acceptors (Lipinski definition) is 2.